The van der Waals surface area contributed by atoms with Crippen LogP contribution in [0.15, 0.2) is 42.5 Å². The molecule has 20 heavy (non-hydrogen) atoms. The molecule has 0 heterocycles. The van der Waals surface area contributed by atoms with Gasteiger partial charge in [-0.25, -0.2) is 0 Å². The Morgan fingerprint density at radius 3 is 2.35 bits per heavy atom. The molecule has 106 valence electrons. The fourth-order valence-corrected chi connectivity index (χ4v) is 2.26. The minimum absolute atomic E-state index is 0.130. The van der Waals surface area contributed by atoms with Gasteiger partial charge in [0.2, 0.25) is 0 Å². The zero-order valence-electron chi connectivity index (χ0n) is 11.5. The fraction of sp³-hybridized carbons (Fsp3) is 0.250. The van der Waals surface area contributed by atoms with Crippen LogP contribution in [0.2, 0.25) is 10.0 Å². The van der Waals surface area contributed by atoms with E-state index >= 15 is 0 Å². The third-order valence-corrected chi connectivity index (χ3v) is 3.47. The number of hydrogen-bond acceptors (Lipinski definition) is 2. The smallest absolute Gasteiger partial charge is 0.142 e. The Morgan fingerprint density at radius 1 is 1.05 bits per heavy atom. The quantitative estimate of drug-likeness (QED) is 0.780. The standard InChI is InChI=1S/C16H17Cl2NO/c1-3-20-16-9-8-14(18)10-15(16)19-11(2)12-4-6-13(17)7-5-12/h4-11,19H,3H2,1-2H3. The summed E-state index contributed by atoms with van der Waals surface area (Å²) in [6, 6.07) is 13.5. The van der Waals surface area contributed by atoms with Crippen molar-refractivity contribution < 1.29 is 4.74 Å². The molecule has 0 aromatic heterocycles. The zero-order chi connectivity index (χ0) is 14.5. The Morgan fingerprint density at radius 2 is 1.70 bits per heavy atom. The molecule has 0 amide bonds. The molecule has 0 aliphatic rings. The van der Waals surface area contributed by atoms with E-state index in [0.29, 0.717) is 11.6 Å². The van der Waals surface area contributed by atoms with Crippen LogP contribution in [0.3, 0.4) is 0 Å². The first-order chi connectivity index (χ1) is 9.60. The van der Waals surface area contributed by atoms with Gasteiger partial charge in [0.15, 0.2) is 0 Å². The summed E-state index contributed by atoms with van der Waals surface area (Å²) in [7, 11) is 0. The molecule has 0 saturated carbocycles. The Bertz CT molecular complexity index is 569. The van der Waals surface area contributed by atoms with Crippen molar-refractivity contribution in [2.45, 2.75) is 19.9 Å². The number of ether oxygens (including phenoxy) is 1. The van der Waals surface area contributed by atoms with Crippen molar-refractivity contribution in [2.75, 3.05) is 11.9 Å². The van der Waals surface area contributed by atoms with Crippen molar-refractivity contribution in [2.24, 2.45) is 0 Å². The maximum absolute atomic E-state index is 6.05. The van der Waals surface area contributed by atoms with Gasteiger partial charge in [-0.15, -0.1) is 0 Å². The SMILES string of the molecule is CCOc1ccc(Cl)cc1NC(C)c1ccc(Cl)cc1. The molecule has 1 N–H and O–H groups in total. The Kier molecular flexibility index (Phi) is 5.16. The lowest BCUT2D eigenvalue weighted by Gasteiger charge is -2.19. The second-order valence-electron chi connectivity index (χ2n) is 4.49. The topological polar surface area (TPSA) is 21.3 Å². The van der Waals surface area contributed by atoms with Gasteiger partial charge in [-0.1, -0.05) is 35.3 Å². The van der Waals surface area contributed by atoms with Gasteiger partial charge in [0.1, 0.15) is 5.75 Å². The van der Waals surface area contributed by atoms with Crippen LogP contribution in [0.4, 0.5) is 5.69 Å². The fourth-order valence-electron chi connectivity index (χ4n) is 1.96. The molecule has 1 atom stereocenters. The Labute approximate surface area is 129 Å². The molecule has 0 aliphatic heterocycles. The molecule has 0 bridgehead atoms. The predicted octanol–water partition coefficient (Wildman–Crippen LogP) is 5.57. The number of nitrogens with one attached hydrogen (secondary N) is 1. The van der Waals surface area contributed by atoms with Gasteiger partial charge in [0.25, 0.3) is 0 Å². The number of benzene rings is 2. The summed E-state index contributed by atoms with van der Waals surface area (Å²) in [5.74, 6) is 0.803. The van der Waals surface area contributed by atoms with Crippen molar-refractivity contribution in [1.29, 1.82) is 0 Å². The molecule has 0 saturated heterocycles. The summed E-state index contributed by atoms with van der Waals surface area (Å²) in [6.07, 6.45) is 0. The lowest BCUT2D eigenvalue weighted by molar-refractivity contribution is 0.341. The molecule has 2 aromatic rings. The molecule has 0 fully saturated rings. The maximum atomic E-state index is 6.05. The van der Waals surface area contributed by atoms with E-state index in [1.165, 1.54) is 0 Å². The minimum atomic E-state index is 0.130. The normalized spacial score (nSPS) is 12.0. The van der Waals surface area contributed by atoms with Crippen molar-refractivity contribution >= 4 is 28.9 Å². The van der Waals surface area contributed by atoms with Crippen LogP contribution >= 0.6 is 23.2 Å². The number of hydrogen-bond donors (Lipinski definition) is 1. The van der Waals surface area contributed by atoms with Gasteiger partial charge in [-0.2, -0.15) is 0 Å². The second-order valence-corrected chi connectivity index (χ2v) is 5.36. The van der Waals surface area contributed by atoms with E-state index < -0.39 is 0 Å². The van der Waals surface area contributed by atoms with Gasteiger partial charge >= 0.3 is 0 Å². The monoisotopic (exact) mass is 309 g/mol. The van der Waals surface area contributed by atoms with Crippen molar-refractivity contribution in [3.8, 4) is 5.75 Å². The number of anilines is 1. The second kappa shape index (κ2) is 6.87. The minimum Gasteiger partial charge on any atom is -0.492 e. The van der Waals surface area contributed by atoms with Gasteiger partial charge in [-0.05, 0) is 49.7 Å². The van der Waals surface area contributed by atoms with E-state index in [4.69, 9.17) is 27.9 Å². The average Bonchev–Trinajstić information content (AvgIpc) is 2.42. The van der Waals surface area contributed by atoms with E-state index in [-0.39, 0.29) is 6.04 Å². The molecule has 0 spiro atoms. The highest BCUT2D eigenvalue weighted by Gasteiger charge is 2.10. The van der Waals surface area contributed by atoms with E-state index in [1.807, 2.05) is 49.4 Å². The molecule has 2 nitrogen and oxygen atoms in total. The highest BCUT2D eigenvalue weighted by Crippen LogP contribution is 2.31. The third-order valence-electron chi connectivity index (χ3n) is 2.98. The predicted molar refractivity (Wildman–Crippen MR) is 86.1 cm³/mol. The largest absolute Gasteiger partial charge is 0.492 e. The van der Waals surface area contributed by atoms with Crippen LogP contribution in [-0.4, -0.2) is 6.61 Å². The molecular weight excluding hydrogens is 293 g/mol. The van der Waals surface area contributed by atoms with Crippen LogP contribution < -0.4 is 10.1 Å². The summed E-state index contributed by atoms with van der Waals surface area (Å²) in [4.78, 5) is 0. The van der Waals surface area contributed by atoms with Gasteiger partial charge in [0.05, 0.1) is 12.3 Å². The van der Waals surface area contributed by atoms with Crippen LogP contribution in [0.1, 0.15) is 25.5 Å². The van der Waals surface area contributed by atoms with Crippen LogP contribution in [-0.2, 0) is 0 Å². The highest BCUT2D eigenvalue weighted by atomic mass is 35.5. The average molecular weight is 310 g/mol. The number of halogens is 2. The highest BCUT2D eigenvalue weighted by molar-refractivity contribution is 6.31. The van der Waals surface area contributed by atoms with E-state index in [9.17, 15) is 0 Å². The molecule has 2 rings (SSSR count). The third kappa shape index (κ3) is 3.81. The number of rotatable bonds is 5. The summed E-state index contributed by atoms with van der Waals surface area (Å²) >= 11 is 12.0. The first kappa shape index (κ1) is 15.0. The molecule has 0 aliphatic carbocycles. The van der Waals surface area contributed by atoms with Crippen molar-refractivity contribution in [3.05, 3.63) is 58.1 Å². The first-order valence-corrected chi connectivity index (χ1v) is 7.30. The van der Waals surface area contributed by atoms with Crippen molar-refractivity contribution in [3.63, 3.8) is 0 Å². The van der Waals surface area contributed by atoms with Gasteiger partial charge < -0.3 is 10.1 Å². The maximum Gasteiger partial charge on any atom is 0.142 e. The molecule has 4 heteroatoms. The molecular formula is C16H17Cl2NO. The van der Waals surface area contributed by atoms with Crippen LogP contribution in [0, 0.1) is 0 Å². The molecule has 2 aromatic carbocycles. The Hall–Kier alpha value is -1.38. The Balaban J connectivity index is 2.20. The lowest BCUT2D eigenvalue weighted by Crippen LogP contribution is -2.08. The summed E-state index contributed by atoms with van der Waals surface area (Å²) < 4.78 is 5.61. The van der Waals surface area contributed by atoms with E-state index in [2.05, 4.69) is 12.2 Å². The van der Waals surface area contributed by atoms with E-state index in [0.717, 1.165) is 22.0 Å². The van der Waals surface area contributed by atoms with Crippen molar-refractivity contribution in [1.82, 2.24) is 0 Å². The van der Waals surface area contributed by atoms with Crippen LogP contribution in [0.5, 0.6) is 5.75 Å². The molecule has 0 radical (unpaired) electrons. The lowest BCUT2D eigenvalue weighted by atomic mass is 10.1. The molecule has 1 unspecified atom stereocenters. The zero-order valence-corrected chi connectivity index (χ0v) is 13.0. The summed E-state index contributed by atoms with van der Waals surface area (Å²) in [5, 5.41) is 4.83. The van der Waals surface area contributed by atoms with Gasteiger partial charge in [-0.3, -0.25) is 0 Å². The first-order valence-electron chi connectivity index (χ1n) is 6.54. The summed E-state index contributed by atoms with van der Waals surface area (Å²) in [6.45, 7) is 4.66. The van der Waals surface area contributed by atoms with Crippen LogP contribution in [0.25, 0.3) is 0 Å². The van der Waals surface area contributed by atoms with Gasteiger partial charge in [0, 0.05) is 16.1 Å². The summed E-state index contributed by atoms with van der Waals surface area (Å²) in [5.41, 5.74) is 2.04. The van der Waals surface area contributed by atoms with E-state index in [1.54, 1.807) is 0 Å².